The Hall–Kier alpha value is -0.0505. The van der Waals surface area contributed by atoms with Crippen molar-refractivity contribution in [1.29, 1.82) is 0 Å². The molecule has 0 aromatic carbocycles. The first-order valence-corrected chi connectivity index (χ1v) is 3.00. The van der Waals surface area contributed by atoms with E-state index in [-0.39, 0.29) is 17.1 Å². The van der Waals surface area contributed by atoms with Crippen LogP contribution in [0.5, 0.6) is 0 Å². The molecule has 4 heteroatoms. The molecule has 0 amide bonds. The molecule has 0 saturated heterocycles. The summed E-state index contributed by atoms with van der Waals surface area (Å²) in [5.41, 5.74) is 5.16. The van der Waals surface area contributed by atoms with E-state index in [4.69, 9.17) is 5.73 Å². The second-order valence-corrected chi connectivity index (χ2v) is 2.56. The Kier molecular flexibility index (Phi) is 7.20. The molecule has 0 aliphatic rings. The monoisotopic (exact) mass is 186 g/mol. The van der Waals surface area contributed by atoms with Gasteiger partial charge in [0.2, 0.25) is 0 Å². The predicted molar refractivity (Wildman–Crippen MR) is 32.4 cm³/mol. The molecule has 0 rings (SSSR count). The molecule has 59 valence electrons. The van der Waals surface area contributed by atoms with Crippen LogP contribution in [0, 0.1) is 5.92 Å². The maximum atomic E-state index is 10.00. The van der Waals surface area contributed by atoms with Crippen molar-refractivity contribution in [3.05, 3.63) is 0 Å². The minimum absolute atomic E-state index is 0. The first-order valence-electron chi connectivity index (χ1n) is 3.00. The van der Waals surface area contributed by atoms with Gasteiger partial charge in [-0.15, -0.1) is 0 Å². The average molecular weight is 186 g/mol. The molecule has 0 spiro atoms. The number of hydrogen-bond donors (Lipinski definition) is 1. The zero-order valence-electron chi connectivity index (χ0n) is 6.11. The fourth-order valence-electron chi connectivity index (χ4n) is 0.604. The summed E-state index contributed by atoms with van der Waals surface area (Å²) < 4.78 is 0. The largest absolute Gasteiger partial charge is 3.00 e. The Balaban J connectivity index is 0. The number of carboxylic acids is 1. The molecule has 10 heavy (non-hydrogen) atoms. The van der Waals surface area contributed by atoms with E-state index in [1.165, 1.54) is 0 Å². The van der Waals surface area contributed by atoms with E-state index in [9.17, 15) is 9.90 Å². The van der Waals surface area contributed by atoms with Crippen LogP contribution < -0.4 is 10.8 Å². The van der Waals surface area contributed by atoms with Crippen molar-refractivity contribution >= 4 is 5.97 Å². The van der Waals surface area contributed by atoms with Gasteiger partial charge in [-0.25, -0.2) is 0 Å². The SMILES string of the molecule is CC(C)C[C@H](N)C(=O)[O-].[Fe+3]. The Labute approximate surface area is 71.5 Å². The van der Waals surface area contributed by atoms with Crippen LogP contribution in [0.15, 0.2) is 0 Å². The molecule has 0 aromatic rings. The average Bonchev–Trinajstić information content (AvgIpc) is 1.63. The van der Waals surface area contributed by atoms with Crippen molar-refractivity contribution in [2.24, 2.45) is 11.7 Å². The predicted octanol–water partition coefficient (Wildman–Crippen LogP) is -0.893. The van der Waals surface area contributed by atoms with Gasteiger partial charge in [0.05, 0.1) is 5.97 Å². The van der Waals surface area contributed by atoms with Crippen LogP contribution in [0.1, 0.15) is 20.3 Å². The molecule has 1 atom stereocenters. The molecular formula is C6H12FeNO2+2. The third-order valence-corrected chi connectivity index (χ3v) is 1.03. The van der Waals surface area contributed by atoms with Gasteiger partial charge in [-0.3, -0.25) is 0 Å². The summed E-state index contributed by atoms with van der Waals surface area (Å²) in [5.74, 6) is -0.846. The van der Waals surface area contributed by atoms with Crippen molar-refractivity contribution in [2.75, 3.05) is 0 Å². The van der Waals surface area contributed by atoms with Gasteiger partial charge in [-0.1, -0.05) is 13.8 Å². The topological polar surface area (TPSA) is 66.2 Å². The summed E-state index contributed by atoms with van der Waals surface area (Å²) in [7, 11) is 0. The van der Waals surface area contributed by atoms with E-state index >= 15 is 0 Å². The van der Waals surface area contributed by atoms with Gasteiger partial charge < -0.3 is 15.6 Å². The quantitative estimate of drug-likeness (QED) is 0.581. The third kappa shape index (κ3) is 6.08. The summed E-state index contributed by atoms with van der Waals surface area (Å²) in [6.07, 6.45) is 0.488. The maximum Gasteiger partial charge on any atom is 3.00 e. The molecule has 0 unspecified atom stereocenters. The molecule has 0 aliphatic heterocycles. The van der Waals surface area contributed by atoms with E-state index in [1.54, 1.807) is 0 Å². The van der Waals surface area contributed by atoms with E-state index < -0.39 is 12.0 Å². The van der Waals surface area contributed by atoms with Gasteiger partial charge in [0.15, 0.2) is 0 Å². The summed E-state index contributed by atoms with van der Waals surface area (Å²) in [5, 5.41) is 10.00. The minimum atomic E-state index is -1.16. The van der Waals surface area contributed by atoms with E-state index in [0.717, 1.165) is 0 Å². The van der Waals surface area contributed by atoms with Crippen LogP contribution in [0.4, 0.5) is 0 Å². The molecule has 1 radical (unpaired) electrons. The van der Waals surface area contributed by atoms with Crippen LogP contribution in [-0.2, 0) is 21.9 Å². The zero-order chi connectivity index (χ0) is 7.44. The molecule has 0 bridgehead atoms. The van der Waals surface area contributed by atoms with Gasteiger partial charge in [-0.2, -0.15) is 0 Å². The third-order valence-electron chi connectivity index (χ3n) is 1.03. The van der Waals surface area contributed by atoms with Crippen LogP contribution in [0.3, 0.4) is 0 Å². The molecule has 0 heterocycles. The number of carbonyl (C=O) groups excluding carboxylic acids is 1. The fraction of sp³-hybridized carbons (Fsp3) is 0.833. The molecule has 0 aliphatic carbocycles. The normalized spacial score (nSPS) is 12.4. The van der Waals surface area contributed by atoms with Crippen molar-refractivity contribution in [1.82, 2.24) is 0 Å². The van der Waals surface area contributed by atoms with E-state index in [0.29, 0.717) is 12.3 Å². The van der Waals surface area contributed by atoms with Gasteiger partial charge in [0, 0.05) is 6.04 Å². The van der Waals surface area contributed by atoms with Gasteiger partial charge in [0.1, 0.15) is 0 Å². The smallest absolute Gasteiger partial charge is 0.548 e. The Bertz CT molecular complexity index is 106. The van der Waals surface area contributed by atoms with Crippen molar-refractivity contribution < 1.29 is 27.0 Å². The van der Waals surface area contributed by atoms with E-state index in [2.05, 4.69) is 0 Å². The van der Waals surface area contributed by atoms with Gasteiger partial charge in [0.25, 0.3) is 0 Å². The Morgan fingerprint density at radius 1 is 1.60 bits per heavy atom. The number of rotatable bonds is 3. The Morgan fingerprint density at radius 3 is 2.10 bits per heavy atom. The number of hydrogen-bond acceptors (Lipinski definition) is 3. The summed E-state index contributed by atoms with van der Waals surface area (Å²) in [6.45, 7) is 3.84. The number of aliphatic carboxylic acids is 1. The number of carbonyl (C=O) groups is 1. The van der Waals surface area contributed by atoms with Gasteiger partial charge >= 0.3 is 17.1 Å². The summed E-state index contributed by atoms with van der Waals surface area (Å²) in [4.78, 5) is 10.00. The standard InChI is InChI=1S/C6H13NO2.Fe/c1-4(2)3-5(7)6(8)9;/h4-5H,3,7H2,1-2H3,(H,8,9);/q;+3/p-1/t5-;/m0./s1. The number of nitrogens with two attached hydrogens (primary N) is 1. The Morgan fingerprint density at radius 2 is 2.00 bits per heavy atom. The number of carboxylic acid groups (broad SMARTS) is 1. The molecule has 0 fully saturated rings. The summed E-state index contributed by atoms with van der Waals surface area (Å²) in [6, 6.07) is -0.801. The maximum absolute atomic E-state index is 10.00. The molecule has 3 nitrogen and oxygen atoms in total. The van der Waals surface area contributed by atoms with Crippen molar-refractivity contribution in [3.63, 3.8) is 0 Å². The van der Waals surface area contributed by atoms with Crippen LogP contribution in [0.2, 0.25) is 0 Å². The molecule has 0 aromatic heterocycles. The first-order chi connectivity index (χ1) is 4.04. The zero-order valence-corrected chi connectivity index (χ0v) is 7.21. The van der Waals surface area contributed by atoms with Crippen molar-refractivity contribution in [2.45, 2.75) is 26.3 Å². The minimum Gasteiger partial charge on any atom is -0.548 e. The molecular weight excluding hydrogens is 174 g/mol. The van der Waals surface area contributed by atoms with Crippen LogP contribution in [-0.4, -0.2) is 12.0 Å². The van der Waals surface area contributed by atoms with Crippen molar-refractivity contribution in [3.8, 4) is 0 Å². The summed E-state index contributed by atoms with van der Waals surface area (Å²) >= 11 is 0. The van der Waals surface area contributed by atoms with Gasteiger partial charge in [-0.05, 0) is 12.3 Å². The second kappa shape index (κ2) is 5.71. The molecule has 0 saturated carbocycles. The van der Waals surface area contributed by atoms with E-state index in [1.807, 2.05) is 13.8 Å². The molecule has 2 N–H and O–H groups in total. The second-order valence-electron chi connectivity index (χ2n) is 2.56. The fourth-order valence-corrected chi connectivity index (χ4v) is 0.604. The van der Waals surface area contributed by atoms with Crippen LogP contribution in [0.25, 0.3) is 0 Å². The first kappa shape index (κ1) is 12.6. The van der Waals surface area contributed by atoms with Crippen LogP contribution >= 0.6 is 0 Å².